The summed E-state index contributed by atoms with van der Waals surface area (Å²) in [6.07, 6.45) is 3.41. The summed E-state index contributed by atoms with van der Waals surface area (Å²) in [6.45, 7) is 3.15. The van der Waals surface area contributed by atoms with Gasteiger partial charge in [0.15, 0.2) is 0 Å². The number of carbonyl (C=O) groups is 1. The number of halogens is 2. The maximum Gasteiger partial charge on any atom is 0.252 e. The summed E-state index contributed by atoms with van der Waals surface area (Å²) in [7, 11) is 0. The molecule has 0 spiro atoms. The number of carbonyl (C=O) groups excluding carboxylic acids is 1. The van der Waals surface area contributed by atoms with Crippen LogP contribution < -0.4 is 10.6 Å². The van der Waals surface area contributed by atoms with E-state index in [-0.39, 0.29) is 16.5 Å². The Morgan fingerprint density at radius 2 is 2.32 bits per heavy atom. The van der Waals surface area contributed by atoms with Gasteiger partial charge in [-0.3, -0.25) is 4.79 Å². The minimum atomic E-state index is -0.412. The van der Waals surface area contributed by atoms with Crippen LogP contribution in [0.5, 0.6) is 0 Å². The Kier molecular flexibility index (Phi) is 4.77. The van der Waals surface area contributed by atoms with Crippen molar-refractivity contribution in [3.8, 4) is 0 Å². The van der Waals surface area contributed by atoms with Crippen molar-refractivity contribution < 1.29 is 9.18 Å². The molecule has 1 unspecified atom stereocenters. The zero-order valence-corrected chi connectivity index (χ0v) is 11.7. The molecule has 1 amide bonds. The maximum atomic E-state index is 13.5. The average molecular weight is 285 g/mol. The Balaban J connectivity index is 1.97. The third-order valence-electron chi connectivity index (χ3n) is 3.41. The Morgan fingerprint density at radius 3 is 3.00 bits per heavy atom. The molecule has 104 valence electrons. The first kappa shape index (κ1) is 14.3. The molecule has 1 heterocycles. The summed E-state index contributed by atoms with van der Waals surface area (Å²) in [5, 5.41) is 6.43. The number of amides is 1. The number of hydrogen-bond acceptors (Lipinski definition) is 2. The van der Waals surface area contributed by atoms with E-state index in [2.05, 4.69) is 10.6 Å². The first-order chi connectivity index (χ1) is 9.08. The molecule has 0 radical (unpaired) electrons. The van der Waals surface area contributed by atoms with Crippen LogP contribution in [0.2, 0.25) is 5.02 Å². The second kappa shape index (κ2) is 6.35. The van der Waals surface area contributed by atoms with Crippen LogP contribution in [0.1, 0.15) is 35.2 Å². The predicted molar refractivity (Wildman–Crippen MR) is 74.1 cm³/mol. The predicted octanol–water partition coefficient (Wildman–Crippen LogP) is 2.66. The monoisotopic (exact) mass is 284 g/mol. The highest BCUT2D eigenvalue weighted by molar-refractivity contribution is 6.33. The molecule has 2 N–H and O–H groups in total. The first-order valence-corrected chi connectivity index (χ1v) is 6.93. The van der Waals surface area contributed by atoms with Crippen LogP contribution in [0.25, 0.3) is 0 Å². The number of hydrogen-bond donors (Lipinski definition) is 2. The molecule has 1 fully saturated rings. The third-order valence-corrected chi connectivity index (χ3v) is 3.73. The van der Waals surface area contributed by atoms with Gasteiger partial charge in [-0.25, -0.2) is 4.39 Å². The second-order valence-electron chi connectivity index (χ2n) is 4.94. The van der Waals surface area contributed by atoms with Gasteiger partial charge >= 0.3 is 0 Å². The van der Waals surface area contributed by atoms with Gasteiger partial charge in [-0.05, 0) is 44.0 Å². The molecule has 3 nitrogen and oxygen atoms in total. The van der Waals surface area contributed by atoms with Gasteiger partial charge in [0, 0.05) is 12.6 Å². The van der Waals surface area contributed by atoms with E-state index < -0.39 is 5.82 Å². The normalized spacial score (nSPS) is 19.2. The molecule has 2 rings (SSSR count). The van der Waals surface area contributed by atoms with E-state index in [0.717, 1.165) is 13.0 Å². The molecule has 1 aliphatic rings. The van der Waals surface area contributed by atoms with Crippen molar-refractivity contribution >= 4 is 17.5 Å². The smallest absolute Gasteiger partial charge is 0.252 e. The van der Waals surface area contributed by atoms with E-state index in [0.29, 0.717) is 18.2 Å². The highest BCUT2D eigenvalue weighted by Crippen LogP contribution is 2.20. The first-order valence-electron chi connectivity index (χ1n) is 6.55. The lowest BCUT2D eigenvalue weighted by Crippen LogP contribution is -2.43. The molecular formula is C14H18ClFN2O. The summed E-state index contributed by atoms with van der Waals surface area (Å²) >= 11 is 5.97. The number of piperidine rings is 1. The zero-order valence-electron chi connectivity index (χ0n) is 10.9. The van der Waals surface area contributed by atoms with Gasteiger partial charge in [-0.2, -0.15) is 0 Å². The minimum absolute atomic E-state index is 0.195. The molecule has 0 aliphatic carbocycles. The van der Waals surface area contributed by atoms with Crippen LogP contribution >= 0.6 is 11.6 Å². The molecule has 1 atom stereocenters. The van der Waals surface area contributed by atoms with E-state index in [1.807, 2.05) is 0 Å². The quantitative estimate of drug-likeness (QED) is 0.896. The lowest BCUT2D eigenvalue weighted by molar-refractivity contribution is 0.0947. The fourth-order valence-electron chi connectivity index (χ4n) is 2.23. The van der Waals surface area contributed by atoms with Crippen molar-refractivity contribution in [1.29, 1.82) is 0 Å². The van der Waals surface area contributed by atoms with Crippen molar-refractivity contribution in [2.24, 2.45) is 0 Å². The van der Waals surface area contributed by atoms with Crippen molar-refractivity contribution in [3.63, 3.8) is 0 Å². The van der Waals surface area contributed by atoms with E-state index in [9.17, 15) is 9.18 Å². The highest BCUT2D eigenvalue weighted by atomic mass is 35.5. The molecule has 0 saturated carbocycles. The molecule has 5 heteroatoms. The molecular weight excluding hydrogens is 267 g/mol. The fourth-order valence-corrected chi connectivity index (χ4v) is 2.53. The molecule has 1 aromatic carbocycles. The number of aryl methyl sites for hydroxylation is 1. The summed E-state index contributed by atoms with van der Waals surface area (Å²) in [5.41, 5.74) is 0.635. The summed E-state index contributed by atoms with van der Waals surface area (Å²) < 4.78 is 13.5. The molecule has 0 bridgehead atoms. The van der Waals surface area contributed by atoms with Crippen LogP contribution in [-0.2, 0) is 0 Å². The summed E-state index contributed by atoms with van der Waals surface area (Å²) in [5.74, 6) is -0.735. The van der Waals surface area contributed by atoms with Crippen molar-refractivity contribution in [2.45, 2.75) is 32.2 Å². The number of nitrogens with one attached hydrogen (secondary N) is 2. The second-order valence-corrected chi connectivity index (χ2v) is 5.35. The van der Waals surface area contributed by atoms with Crippen LogP contribution in [-0.4, -0.2) is 25.0 Å². The van der Waals surface area contributed by atoms with Gasteiger partial charge in [0.05, 0.1) is 10.6 Å². The van der Waals surface area contributed by atoms with E-state index in [1.54, 1.807) is 6.92 Å². The van der Waals surface area contributed by atoms with Crippen LogP contribution in [0, 0.1) is 12.7 Å². The Hall–Kier alpha value is -1.13. The SMILES string of the molecule is Cc1cc(Cl)c(C(=O)NCC2CCCCN2)cc1F. The average Bonchev–Trinajstić information content (AvgIpc) is 2.41. The van der Waals surface area contributed by atoms with Crippen LogP contribution in [0.3, 0.4) is 0 Å². The van der Waals surface area contributed by atoms with E-state index >= 15 is 0 Å². The number of benzene rings is 1. The van der Waals surface area contributed by atoms with Gasteiger partial charge in [0.25, 0.3) is 5.91 Å². The fraction of sp³-hybridized carbons (Fsp3) is 0.500. The van der Waals surface area contributed by atoms with Gasteiger partial charge in [0.1, 0.15) is 5.82 Å². The Bertz CT molecular complexity index is 473. The minimum Gasteiger partial charge on any atom is -0.350 e. The Morgan fingerprint density at radius 1 is 1.53 bits per heavy atom. The lowest BCUT2D eigenvalue weighted by Gasteiger charge is -2.23. The topological polar surface area (TPSA) is 41.1 Å². The van der Waals surface area contributed by atoms with Crippen molar-refractivity contribution in [3.05, 3.63) is 34.1 Å². The van der Waals surface area contributed by atoms with Gasteiger partial charge < -0.3 is 10.6 Å². The molecule has 1 aliphatic heterocycles. The standard InChI is InChI=1S/C14H18ClFN2O/c1-9-6-12(15)11(7-13(9)16)14(19)18-8-10-4-2-3-5-17-10/h6-7,10,17H,2-5,8H2,1H3,(H,18,19). The maximum absolute atomic E-state index is 13.5. The highest BCUT2D eigenvalue weighted by Gasteiger charge is 2.16. The van der Waals surface area contributed by atoms with Gasteiger partial charge in [-0.15, -0.1) is 0 Å². The van der Waals surface area contributed by atoms with E-state index in [1.165, 1.54) is 25.0 Å². The third kappa shape index (κ3) is 3.67. The molecule has 1 saturated heterocycles. The van der Waals surface area contributed by atoms with Gasteiger partial charge in [0.2, 0.25) is 0 Å². The lowest BCUT2D eigenvalue weighted by atomic mass is 10.0. The van der Waals surface area contributed by atoms with E-state index in [4.69, 9.17) is 11.6 Å². The van der Waals surface area contributed by atoms with Crippen LogP contribution in [0.15, 0.2) is 12.1 Å². The zero-order chi connectivity index (χ0) is 13.8. The molecule has 1 aromatic rings. The van der Waals surface area contributed by atoms with Crippen LogP contribution in [0.4, 0.5) is 4.39 Å². The van der Waals surface area contributed by atoms with Crippen molar-refractivity contribution in [2.75, 3.05) is 13.1 Å². The molecule has 19 heavy (non-hydrogen) atoms. The number of rotatable bonds is 3. The van der Waals surface area contributed by atoms with Gasteiger partial charge in [-0.1, -0.05) is 18.0 Å². The Labute approximate surface area is 117 Å². The largest absolute Gasteiger partial charge is 0.350 e. The summed E-state index contributed by atoms with van der Waals surface area (Å²) in [4.78, 5) is 12.0. The molecule has 0 aromatic heterocycles. The van der Waals surface area contributed by atoms with Crippen molar-refractivity contribution in [1.82, 2.24) is 10.6 Å². The summed E-state index contributed by atoms with van der Waals surface area (Å²) in [6, 6.07) is 2.97.